The quantitative estimate of drug-likeness (QED) is 0.827. The Hall–Kier alpha value is -1.88. The van der Waals surface area contributed by atoms with E-state index >= 15 is 0 Å². The van der Waals surface area contributed by atoms with E-state index in [1.165, 1.54) is 4.90 Å². The molecule has 1 aromatic carbocycles. The molecule has 5 heteroatoms. The van der Waals surface area contributed by atoms with Gasteiger partial charge in [-0.1, -0.05) is 6.07 Å². The van der Waals surface area contributed by atoms with E-state index in [0.29, 0.717) is 31.6 Å². The van der Waals surface area contributed by atoms with E-state index in [9.17, 15) is 9.59 Å². The second kappa shape index (κ2) is 6.52. The Labute approximate surface area is 118 Å². The van der Waals surface area contributed by atoms with Crippen LogP contribution in [0.2, 0.25) is 0 Å². The number of carbonyl (C=O) groups is 2. The molecule has 5 nitrogen and oxygen atoms in total. The molecule has 0 aliphatic carbocycles. The van der Waals surface area contributed by atoms with E-state index in [2.05, 4.69) is 5.32 Å². The van der Waals surface area contributed by atoms with Crippen LogP contribution in [0.15, 0.2) is 18.2 Å². The summed E-state index contributed by atoms with van der Waals surface area (Å²) in [7, 11) is 3.47. The fourth-order valence-electron chi connectivity index (χ4n) is 2.42. The van der Waals surface area contributed by atoms with Crippen molar-refractivity contribution in [2.75, 3.05) is 14.2 Å². The number of carbonyl (C=O) groups excluding carboxylic acids is 2. The van der Waals surface area contributed by atoms with Crippen molar-refractivity contribution < 1.29 is 14.3 Å². The molecule has 1 saturated heterocycles. The molecule has 1 fully saturated rings. The van der Waals surface area contributed by atoms with Gasteiger partial charge in [0, 0.05) is 24.9 Å². The molecule has 0 bridgehead atoms. The first-order chi connectivity index (χ1) is 9.65. The summed E-state index contributed by atoms with van der Waals surface area (Å²) in [5, 5.41) is 3.08. The molecule has 1 aliphatic heterocycles. The first-order valence-corrected chi connectivity index (χ1v) is 6.79. The van der Waals surface area contributed by atoms with Gasteiger partial charge in [-0.05, 0) is 31.2 Å². The van der Waals surface area contributed by atoms with E-state index in [4.69, 9.17) is 4.74 Å². The van der Waals surface area contributed by atoms with E-state index < -0.39 is 0 Å². The van der Waals surface area contributed by atoms with Crippen molar-refractivity contribution in [3.05, 3.63) is 29.3 Å². The van der Waals surface area contributed by atoms with Crippen LogP contribution in [-0.2, 0) is 22.7 Å². The average Bonchev–Trinajstić information content (AvgIpc) is 2.44. The zero-order chi connectivity index (χ0) is 14.5. The summed E-state index contributed by atoms with van der Waals surface area (Å²) < 4.78 is 5.32. The summed E-state index contributed by atoms with van der Waals surface area (Å²) in [6, 6.07) is 5.82. The van der Waals surface area contributed by atoms with Crippen LogP contribution in [0.5, 0.6) is 5.75 Å². The highest BCUT2D eigenvalue weighted by atomic mass is 16.5. The lowest BCUT2D eigenvalue weighted by Gasteiger charge is -2.25. The Morgan fingerprint density at radius 2 is 1.95 bits per heavy atom. The van der Waals surface area contributed by atoms with Gasteiger partial charge in [-0.25, -0.2) is 0 Å². The van der Waals surface area contributed by atoms with Crippen molar-refractivity contribution in [2.24, 2.45) is 0 Å². The molecule has 2 rings (SSSR count). The smallest absolute Gasteiger partial charge is 0.229 e. The summed E-state index contributed by atoms with van der Waals surface area (Å²) in [4.78, 5) is 25.1. The Kier molecular flexibility index (Phi) is 4.74. The minimum Gasteiger partial charge on any atom is -0.496 e. The summed E-state index contributed by atoms with van der Waals surface area (Å²) in [6.45, 7) is 1.03. The number of likely N-dealkylation sites (tertiary alicyclic amines) is 1. The molecule has 1 N–H and O–H groups in total. The van der Waals surface area contributed by atoms with Gasteiger partial charge in [0.05, 0.1) is 13.7 Å². The van der Waals surface area contributed by atoms with Crippen LogP contribution in [-0.4, -0.2) is 30.9 Å². The van der Waals surface area contributed by atoms with E-state index in [0.717, 1.165) is 17.7 Å². The topological polar surface area (TPSA) is 58.6 Å². The number of methoxy groups -OCH3 is 1. The second-order valence-corrected chi connectivity index (χ2v) is 4.90. The highest BCUT2D eigenvalue weighted by molar-refractivity contribution is 5.97. The first-order valence-electron chi connectivity index (χ1n) is 6.79. The van der Waals surface area contributed by atoms with Gasteiger partial charge in [0.25, 0.3) is 0 Å². The summed E-state index contributed by atoms with van der Waals surface area (Å²) in [5.41, 5.74) is 1.96. The number of rotatable bonds is 5. The molecule has 108 valence electrons. The normalized spacial score (nSPS) is 15.6. The van der Waals surface area contributed by atoms with Gasteiger partial charge in [-0.3, -0.25) is 14.5 Å². The van der Waals surface area contributed by atoms with Gasteiger partial charge in [-0.2, -0.15) is 0 Å². The molecular weight excluding hydrogens is 256 g/mol. The molecule has 0 radical (unpaired) electrons. The maximum absolute atomic E-state index is 11.9. The van der Waals surface area contributed by atoms with Crippen molar-refractivity contribution in [1.29, 1.82) is 0 Å². The number of piperidine rings is 1. The van der Waals surface area contributed by atoms with Gasteiger partial charge in [0.15, 0.2) is 0 Å². The summed E-state index contributed by atoms with van der Waals surface area (Å²) >= 11 is 0. The molecule has 0 unspecified atom stereocenters. The van der Waals surface area contributed by atoms with Gasteiger partial charge in [0.2, 0.25) is 11.8 Å². The van der Waals surface area contributed by atoms with Crippen LogP contribution < -0.4 is 10.1 Å². The number of imide groups is 1. The average molecular weight is 276 g/mol. The van der Waals surface area contributed by atoms with Crippen molar-refractivity contribution in [2.45, 2.75) is 32.4 Å². The summed E-state index contributed by atoms with van der Waals surface area (Å²) in [6.07, 6.45) is 1.56. The number of benzene rings is 1. The largest absolute Gasteiger partial charge is 0.496 e. The van der Waals surface area contributed by atoms with Crippen molar-refractivity contribution >= 4 is 11.8 Å². The van der Waals surface area contributed by atoms with Crippen LogP contribution in [0.4, 0.5) is 0 Å². The molecule has 0 aromatic heterocycles. The molecular formula is C15H20N2O3. The highest BCUT2D eigenvalue weighted by Crippen LogP contribution is 2.24. The first kappa shape index (κ1) is 14.5. The number of nitrogens with zero attached hydrogens (tertiary/aromatic N) is 1. The lowest BCUT2D eigenvalue weighted by Crippen LogP contribution is -2.39. The van der Waals surface area contributed by atoms with Crippen molar-refractivity contribution in [3.63, 3.8) is 0 Å². The van der Waals surface area contributed by atoms with Crippen LogP contribution in [0.3, 0.4) is 0 Å². The number of nitrogens with one attached hydrogen (secondary N) is 1. The predicted molar refractivity (Wildman–Crippen MR) is 75.2 cm³/mol. The number of hydrogen-bond acceptors (Lipinski definition) is 4. The van der Waals surface area contributed by atoms with Crippen LogP contribution in [0, 0.1) is 0 Å². The molecule has 0 saturated carbocycles. The lowest BCUT2D eigenvalue weighted by atomic mass is 10.1. The third-order valence-electron chi connectivity index (χ3n) is 3.44. The van der Waals surface area contributed by atoms with Crippen molar-refractivity contribution in [3.8, 4) is 5.75 Å². The lowest BCUT2D eigenvalue weighted by molar-refractivity contribution is -0.148. The van der Waals surface area contributed by atoms with Gasteiger partial charge < -0.3 is 10.1 Å². The van der Waals surface area contributed by atoms with E-state index in [-0.39, 0.29) is 11.8 Å². The summed E-state index contributed by atoms with van der Waals surface area (Å²) in [5.74, 6) is 0.515. The predicted octanol–water partition coefficient (Wildman–Crippen LogP) is 1.45. The number of ether oxygens (including phenoxy) is 1. The molecule has 0 spiro atoms. The SMILES string of the molecule is CNCc1ccc(OC)c(CN2C(=O)CCCC2=O)c1. The minimum atomic E-state index is -0.0951. The third-order valence-corrected chi connectivity index (χ3v) is 3.44. The maximum Gasteiger partial charge on any atom is 0.229 e. The fourth-order valence-corrected chi connectivity index (χ4v) is 2.42. The van der Waals surface area contributed by atoms with Crippen molar-refractivity contribution in [1.82, 2.24) is 10.2 Å². The van der Waals surface area contributed by atoms with Crippen LogP contribution in [0.25, 0.3) is 0 Å². The zero-order valence-corrected chi connectivity index (χ0v) is 11.9. The fraction of sp³-hybridized carbons (Fsp3) is 0.467. The standard InChI is InChI=1S/C15H20N2O3/c1-16-9-11-6-7-13(20-2)12(8-11)10-17-14(18)4-3-5-15(17)19/h6-8,16H,3-5,9-10H2,1-2H3. The molecule has 2 amide bonds. The molecule has 1 heterocycles. The molecule has 20 heavy (non-hydrogen) atoms. The maximum atomic E-state index is 11.9. The highest BCUT2D eigenvalue weighted by Gasteiger charge is 2.26. The Morgan fingerprint density at radius 3 is 2.55 bits per heavy atom. The second-order valence-electron chi connectivity index (χ2n) is 4.90. The molecule has 1 aromatic rings. The third kappa shape index (κ3) is 3.17. The van der Waals surface area contributed by atoms with Gasteiger partial charge >= 0.3 is 0 Å². The molecule has 1 aliphatic rings. The van der Waals surface area contributed by atoms with Gasteiger partial charge in [-0.15, -0.1) is 0 Å². The number of hydrogen-bond donors (Lipinski definition) is 1. The van der Waals surface area contributed by atoms with Crippen LogP contribution >= 0.6 is 0 Å². The monoisotopic (exact) mass is 276 g/mol. The van der Waals surface area contributed by atoms with Crippen LogP contribution in [0.1, 0.15) is 30.4 Å². The van der Waals surface area contributed by atoms with E-state index in [1.807, 2.05) is 25.2 Å². The van der Waals surface area contributed by atoms with Gasteiger partial charge in [0.1, 0.15) is 5.75 Å². The van der Waals surface area contributed by atoms with E-state index in [1.54, 1.807) is 7.11 Å². The zero-order valence-electron chi connectivity index (χ0n) is 11.9. The Bertz CT molecular complexity index is 498. The molecule has 0 atom stereocenters. The number of amides is 2. The Balaban J connectivity index is 2.23. The Morgan fingerprint density at radius 1 is 1.25 bits per heavy atom. The minimum absolute atomic E-state index is 0.0951.